The van der Waals surface area contributed by atoms with Gasteiger partial charge in [0.05, 0.1) is 28.5 Å². The summed E-state index contributed by atoms with van der Waals surface area (Å²) in [6.45, 7) is 4.38. The highest BCUT2D eigenvalue weighted by Gasteiger charge is 2.30. The number of nitrogens with zero attached hydrogens (tertiary/aromatic N) is 3. The monoisotopic (exact) mass is 370 g/mol. The van der Waals surface area contributed by atoms with E-state index in [0.29, 0.717) is 18.3 Å². The number of hydrogen-bond acceptors (Lipinski definition) is 3. The van der Waals surface area contributed by atoms with Crippen molar-refractivity contribution in [2.24, 2.45) is 0 Å². The van der Waals surface area contributed by atoms with Crippen LogP contribution in [0.25, 0.3) is 17.0 Å². The van der Waals surface area contributed by atoms with Gasteiger partial charge in [-0.05, 0) is 41.5 Å². The number of carbonyl (C=O) groups is 1. The first-order chi connectivity index (χ1) is 13.6. The largest absolute Gasteiger partial charge is 0.322 e. The Labute approximate surface area is 163 Å². The van der Waals surface area contributed by atoms with Gasteiger partial charge >= 0.3 is 0 Å². The Morgan fingerprint density at radius 2 is 1.86 bits per heavy atom. The van der Waals surface area contributed by atoms with E-state index in [4.69, 9.17) is 0 Å². The molecule has 2 heterocycles. The van der Waals surface area contributed by atoms with E-state index < -0.39 is 0 Å². The van der Waals surface area contributed by atoms with Gasteiger partial charge in [-0.1, -0.05) is 50.2 Å². The van der Waals surface area contributed by atoms with Gasteiger partial charge in [-0.2, -0.15) is 5.10 Å². The van der Waals surface area contributed by atoms with Crippen LogP contribution in [0.3, 0.4) is 0 Å². The number of hydrogen-bond donors (Lipinski definition) is 1. The van der Waals surface area contributed by atoms with Crippen LogP contribution < -0.4 is 0 Å². The number of nitrogens with one attached hydrogen (secondary N) is 1. The molecule has 1 aliphatic carbocycles. The van der Waals surface area contributed by atoms with Gasteiger partial charge in [0, 0.05) is 6.42 Å². The van der Waals surface area contributed by atoms with E-state index in [9.17, 15) is 4.79 Å². The summed E-state index contributed by atoms with van der Waals surface area (Å²) in [6.07, 6.45) is 2.99. The second kappa shape index (κ2) is 6.44. The lowest BCUT2D eigenvalue weighted by atomic mass is 9.82. The molecule has 0 spiro atoms. The van der Waals surface area contributed by atoms with Crippen molar-refractivity contribution in [1.82, 2.24) is 19.7 Å². The molecule has 0 fully saturated rings. The zero-order valence-corrected chi connectivity index (χ0v) is 16.0. The summed E-state index contributed by atoms with van der Waals surface area (Å²) in [5, 5.41) is 4.48. The number of carbonyl (C=O) groups excluding carboxylic acids is 1. The predicted molar refractivity (Wildman–Crippen MR) is 109 cm³/mol. The molecule has 140 valence electrons. The van der Waals surface area contributed by atoms with Crippen LogP contribution in [0.4, 0.5) is 0 Å². The van der Waals surface area contributed by atoms with Crippen LogP contribution in [0.2, 0.25) is 0 Å². The Kier molecular flexibility index (Phi) is 3.90. The molecule has 1 atom stereocenters. The first-order valence-electron chi connectivity index (χ1n) is 9.75. The van der Waals surface area contributed by atoms with Gasteiger partial charge in [-0.25, -0.2) is 9.67 Å². The Hall–Kier alpha value is -3.21. The summed E-state index contributed by atoms with van der Waals surface area (Å²) in [4.78, 5) is 20.7. The molecular formula is C23H22N4O. The minimum atomic E-state index is 0.154. The van der Waals surface area contributed by atoms with Crippen molar-refractivity contribution < 1.29 is 4.79 Å². The van der Waals surface area contributed by atoms with Crippen LogP contribution in [-0.4, -0.2) is 25.5 Å². The predicted octanol–water partition coefficient (Wildman–Crippen LogP) is 4.78. The molecule has 0 bridgehead atoms. The maximum atomic E-state index is 12.8. The van der Waals surface area contributed by atoms with E-state index in [-0.39, 0.29) is 11.7 Å². The van der Waals surface area contributed by atoms with Gasteiger partial charge < -0.3 is 4.98 Å². The normalized spacial score (nSPS) is 16.7. The Morgan fingerprint density at radius 3 is 2.61 bits per heavy atom. The molecule has 5 rings (SSSR count). The highest BCUT2D eigenvalue weighted by atomic mass is 16.1. The molecule has 28 heavy (non-hydrogen) atoms. The van der Waals surface area contributed by atoms with Crippen LogP contribution in [0.5, 0.6) is 0 Å². The minimum absolute atomic E-state index is 0.154. The number of ketones is 1. The van der Waals surface area contributed by atoms with Crippen LogP contribution in [-0.2, 0) is 6.42 Å². The van der Waals surface area contributed by atoms with Gasteiger partial charge in [-0.15, -0.1) is 0 Å². The highest BCUT2D eigenvalue weighted by Crippen LogP contribution is 2.34. The molecule has 1 N–H and O–H groups in total. The number of fused-ring (bicyclic) bond motifs is 2. The summed E-state index contributed by atoms with van der Waals surface area (Å²) in [5.74, 6) is 1.48. The molecule has 4 aromatic rings. The van der Waals surface area contributed by atoms with Crippen molar-refractivity contribution in [3.8, 4) is 5.95 Å². The minimum Gasteiger partial charge on any atom is -0.322 e. The molecule has 0 saturated carbocycles. The molecule has 0 unspecified atom stereocenters. The first-order valence-corrected chi connectivity index (χ1v) is 9.75. The van der Waals surface area contributed by atoms with E-state index >= 15 is 0 Å². The van der Waals surface area contributed by atoms with Crippen LogP contribution in [0.15, 0.2) is 54.7 Å². The third-order valence-electron chi connectivity index (χ3n) is 5.69. The number of para-hydroxylation sites is 2. The van der Waals surface area contributed by atoms with Gasteiger partial charge in [0.25, 0.3) is 0 Å². The van der Waals surface area contributed by atoms with Crippen molar-refractivity contribution in [2.45, 2.75) is 38.5 Å². The molecule has 1 aliphatic rings. The topological polar surface area (TPSA) is 63.6 Å². The smallest absolute Gasteiger partial charge is 0.229 e. The Balaban J connectivity index is 1.52. The second-order valence-electron chi connectivity index (χ2n) is 7.84. The molecule has 2 aromatic heterocycles. The lowest BCUT2D eigenvalue weighted by Gasteiger charge is -2.23. The summed E-state index contributed by atoms with van der Waals surface area (Å²) in [6, 6.07) is 16.6. The van der Waals surface area contributed by atoms with E-state index in [1.165, 1.54) is 11.1 Å². The zero-order chi connectivity index (χ0) is 19.3. The number of benzene rings is 2. The lowest BCUT2D eigenvalue weighted by molar-refractivity contribution is 0.0963. The number of H-pyrrole nitrogens is 1. The molecule has 5 heteroatoms. The van der Waals surface area contributed by atoms with E-state index in [1.54, 1.807) is 10.9 Å². The van der Waals surface area contributed by atoms with E-state index in [1.807, 2.05) is 24.3 Å². The number of imidazole rings is 1. The number of aromatic nitrogens is 4. The summed E-state index contributed by atoms with van der Waals surface area (Å²) in [5.41, 5.74) is 6.04. The van der Waals surface area contributed by atoms with Crippen molar-refractivity contribution in [1.29, 1.82) is 0 Å². The van der Waals surface area contributed by atoms with Gasteiger partial charge in [0.1, 0.15) is 0 Å². The van der Waals surface area contributed by atoms with E-state index in [0.717, 1.165) is 28.7 Å². The third kappa shape index (κ3) is 2.74. The fourth-order valence-electron chi connectivity index (χ4n) is 4.05. The first kappa shape index (κ1) is 16.9. The lowest BCUT2D eigenvalue weighted by Crippen LogP contribution is -2.20. The van der Waals surface area contributed by atoms with Crippen LogP contribution >= 0.6 is 0 Å². The maximum absolute atomic E-state index is 12.8. The zero-order valence-electron chi connectivity index (χ0n) is 16.0. The maximum Gasteiger partial charge on any atom is 0.229 e. The Bertz CT molecular complexity index is 1130. The van der Waals surface area contributed by atoms with E-state index in [2.05, 4.69) is 53.2 Å². The highest BCUT2D eigenvalue weighted by molar-refractivity contribution is 5.98. The number of Topliss-reactive ketones (excluding diaryl/α,β-unsaturated/α-hetero) is 1. The molecule has 0 saturated heterocycles. The standard InChI is InChI=1S/C23H22N4O/c1-14(2)15-7-9-16(10-8-15)17-11-21-18(22(28)12-17)13-24-27(21)23-25-19-5-3-4-6-20(19)26-23/h3-10,13-14,17H,11-12H2,1-2H3,(H,25,26)/t17-/m0/s1. The van der Waals surface area contributed by atoms with Crippen molar-refractivity contribution in [2.75, 3.05) is 0 Å². The molecule has 5 nitrogen and oxygen atoms in total. The number of aromatic amines is 1. The molecule has 0 amide bonds. The van der Waals surface area contributed by atoms with Crippen molar-refractivity contribution >= 4 is 16.8 Å². The van der Waals surface area contributed by atoms with Crippen LogP contribution in [0.1, 0.15) is 59.3 Å². The van der Waals surface area contributed by atoms with Crippen LogP contribution in [0, 0.1) is 0 Å². The third-order valence-corrected chi connectivity index (χ3v) is 5.69. The fraction of sp³-hybridized carbons (Fsp3) is 0.261. The van der Waals surface area contributed by atoms with Gasteiger partial charge in [-0.3, -0.25) is 4.79 Å². The average molecular weight is 370 g/mol. The van der Waals surface area contributed by atoms with Crippen molar-refractivity contribution in [3.63, 3.8) is 0 Å². The SMILES string of the molecule is CC(C)c1ccc([C@@H]2CC(=O)c3cnn(-c4nc5ccccc5[nH]4)c3C2)cc1. The average Bonchev–Trinajstić information content (AvgIpc) is 3.32. The summed E-state index contributed by atoms with van der Waals surface area (Å²) in [7, 11) is 0. The second-order valence-corrected chi connectivity index (χ2v) is 7.84. The van der Waals surface area contributed by atoms with Crippen molar-refractivity contribution in [3.05, 3.63) is 77.1 Å². The molecule has 0 aliphatic heterocycles. The quantitative estimate of drug-likeness (QED) is 0.564. The van der Waals surface area contributed by atoms with Gasteiger partial charge in [0.15, 0.2) is 5.78 Å². The molecule has 2 aromatic carbocycles. The Morgan fingerprint density at radius 1 is 1.07 bits per heavy atom. The summed E-state index contributed by atoms with van der Waals surface area (Å²) < 4.78 is 1.79. The number of rotatable bonds is 3. The molecular weight excluding hydrogens is 348 g/mol. The summed E-state index contributed by atoms with van der Waals surface area (Å²) >= 11 is 0. The fourth-order valence-corrected chi connectivity index (χ4v) is 4.05. The molecule has 0 radical (unpaired) electrons. The van der Waals surface area contributed by atoms with Gasteiger partial charge in [0.2, 0.25) is 5.95 Å².